The van der Waals surface area contributed by atoms with Crippen LogP contribution >= 0.6 is 0 Å². The van der Waals surface area contributed by atoms with E-state index in [1.165, 1.54) is 0 Å². The van der Waals surface area contributed by atoms with Crippen LogP contribution in [0.4, 0.5) is 4.79 Å². The molecule has 0 unspecified atom stereocenters. The molecule has 2 aromatic rings. The molecule has 0 saturated heterocycles. The standard InChI is InChI=1S/C20H26N2O5/c1-5-25-17(23)12-16-15-7-6-13-8-10-22(19(24)26-20(2,3)4)11-9-14(13)18(15)27-21-16/h6-7H,5,8-12H2,1-4H3. The lowest BCUT2D eigenvalue weighted by Crippen LogP contribution is -2.38. The van der Waals surface area contributed by atoms with Crippen molar-refractivity contribution in [1.82, 2.24) is 10.1 Å². The van der Waals surface area contributed by atoms with E-state index in [0.29, 0.717) is 37.4 Å². The first-order chi connectivity index (χ1) is 12.8. The predicted octanol–water partition coefficient (Wildman–Crippen LogP) is 3.27. The number of hydrogen-bond acceptors (Lipinski definition) is 6. The summed E-state index contributed by atoms with van der Waals surface area (Å²) < 4.78 is 16.1. The molecule has 1 amide bonds. The molecule has 2 heterocycles. The summed E-state index contributed by atoms with van der Waals surface area (Å²) in [5.74, 6) is -0.321. The van der Waals surface area contributed by atoms with Gasteiger partial charge in [0, 0.05) is 24.0 Å². The molecule has 0 atom stereocenters. The number of esters is 1. The third-order valence-electron chi connectivity index (χ3n) is 4.47. The third kappa shape index (κ3) is 4.40. The lowest BCUT2D eigenvalue weighted by molar-refractivity contribution is -0.142. The van der Waals surface area contributed by atoms with Crippen LogP contribution < -0.4 is 0 Å². The summed E-state index contributed by atoms with van der Waals surface area (Å²) >= 11 is 0. The highest BCUT2D eigenvalue weighted by Crippen LogP contribution is 2.29. The minimum absolute atomic E-state index is 0.0870. The lowest BCUT2D eigenvalue weighted by Gasteiger charge is -2.26. The van der Waals surface area contributed by atoms with Gasteiger partial charge in [0.2, 0.25) is 0 Å². The molecule has 0 aliphatic carbocycles. The monoisotopic (exact) mass is 374 g/mol. The van der Waals surface area contributed by atoms with Crippen molar-refractivity contribution in [2.45, 2.75) is 52.6 Å². The van der Waals surface area contributed by atoms with Gasteiger partial charge in [-0.2, -0.15) is 0 Å². The quantitative estimate of drug-likeness (QED) is 0.767. The Hall–Kier alpha value is -2.57. The van der Waals surface area contributed by atoms with Crippen LogP contribution in [0, 0.1) is 0 Å². The molecule has 1 aliphatic rings. The minimum Gasteiger partial charge on any atom is -0.466 e. The fourth-order valence-corrected chi connectivity index (χ4v) is 3.26. The number of ether oxygens (including phenoxy) is 2. The van der Waals surface area contributed by atoms with Gasteiger partial charge in [-0.15, -0.1) is 0 Å². The number of aromatic nitrogens is 1. The normalized spacial score (nSPS) is 14.6. The van der Waals surface area contributed by atoms with Gasteiger partial charge in [-0.1, -0.05) is 11.2 Å². The average molecular weight is 374 g/mol. The molecular weight excluding hydrogens is 348 g/mol. The molecule has 1 aromatic carbocycles. The number of amides is 1. The van der Waals surface area contributed by atoms with Crippen LogP contribution in [-0.2, 0) is 33.5 Å². The van der Waals surface area contributed by atoms with Crippen molar-refractivity contribution in [1.29, 1.82) is 0 Å². The van der Waals surface area contributed by atoms with Gasteiger partial charge in [0.25, 0.3) is 0 Å². The van der Waals surface area contributed by atoms with E-state index in [0.717, 1.165) is 22.9 Å². The van der Waals surface area contributed by atoms with E-state index >= 15 is 0 Å². The highest BCUT2D eigenvalue weighted by Gasteiger charge is 2.26. The molecule has 0 fully saturated rings. The Morgan fingerprint density at radius 3 is 2.67 bits per heavy atom. The van der Waals surface area contributed by atoms with E-state index < -0.39 is 5.60 Å². The second kappa shape index (κ2) is 7.58. The Labute approximate surface area is 158 Å². The van der Waals surface area contributed by atoms with Crippen molar-refractivity contribution in [3.05, 3.63) is 29.0 Å². The van der Waals surface area contributed by atoms with E-state index in [1.54, 1.807) is 11.8 Å². The maximum Gasteiger partial charge on any atom is 0.410 e. The Kier molecular flexibility index (Phi) is 5.39. The molecule has 7 nitrogen and oxygen atoms in total. The molecule has 0 spiro atoms. The van der Waals surface area contributed by atoms with Crippen molar-refractivity contribution in [2.24, 2.45) is 0 Å². The second-order valence-corrected chi connectivity index (χ2v) is 7.66. The molecule has 0 N–H and O–H groups in total. The minimum atomic E-state index is -0.517. The number of hydrogen-bond donors (Lipinski definition) is 0. The summed E-state index contributed by atoms with van der Waals surface area (Å²) in [5.41, 5.74) is 2.93. The number of benzene rings is 1. The number of carbonyl (C=O) groups is 2. The zero-order valence-electron chi connectivity index (χ0n) is 16.3. The summed E-state index contributed by atoms with van der Waals surface area (Å²) in [6.45, 7) is 8.84. The highest BCUT2D eigenvalue weighted by molar-refractivity contribution is 5.87. The topological polar surface area (TPSA) is 81.9 Å². The van der Waals surface area contributed by atoms with Crippen molar-refractivity contribution in [3.63, 3.8) is 0 Å². The molecule has 0 radical (unpaired) electrons. The van der Waals surface area contributed by atoms with Gasteiger partial charge in [0.15, 0.2) is 5.58 Å². The summed E-state index contributed by atoms with van der Waals surface area (Å²) in [5, 5.41) is 4.90. The maximum absolute atomic E-state index is 12.4. The van der Waals surface area contributed by atoms with Crippen LogP contribution in [0.15, 0.2) is 16.7 Å². The van der Waals surface area contributed by atoms with Gasteiger partial charge in [0.1, 0.15) is 11.3 Å². The number of nitrogens with zero attached hydrogens (tertiary/aromatic N) is 2. The van der Waals surface area contributed by atoms with Gasteiger partial charge >= 0.3 is 12.1 Å². The van der Waals surface area contributed by atoms with Gasteiger partial charge in [-0.3, -0.25) is 4.79 Å². The first-order valence-corrected chi connectivity index (χ1v) is 9.31. The summed E-state index contributed by atoms with van der Waals surface area (Å²) in [6, 6.07) is 3.96. The van der Waals surface area contributed by atoms with Crippen LogP contribution in [0.1, 0.15) is 44.5 Å². The summed E-state index contributed by atoms with van der Waals surface area (Å²) in [7, 11) is 0. The van der Waals surface area contributed by atoms with Crippen molar-refractivity contribution in [3.8, 4) is 0 Å². The van der Waals surface area contributed by atoms with Gasteiger partial charge in [-0.05, 0) is 52.2 Å². The van der Waals surface area contributed by atoms with E-state index in [9.17, 15) is 9.59 Å². The SMILES string of the molecule is CCOC(=O)Cc1noc2c3c(ccc12)CCN(C(=O)OC(C)(C)C)CC3. The van der Waals surface area contributed by atoms with Crippen molar-refractivity contribution >= 4 is 23.0 Å². The van der Waals surface area contributed by atoms with Crippen LogP contribution in [-0.4, -0.2) is 47.4 Å². The first-order valence-electron chi connectivity index (χ1n) is 9.31. The Balaban J connectivity index is 1.80. The average Bonchev–Trinajstić information content (AvgIpc) is 2.84. The van der Waals surface area contributed by atoms with Crippen molar-refractivity contribution < 1.29 is 23.6 Å². The summed E-state index contributed by atoms with van der Waals surface area (Å²) in [4.78, 5) is 25.9. The molecule has 7 heteroatoms. The Bertz CT molecular complexity index is 850. The van der Waals surface area contributed by atoms with E-state index in [1.807, 2.05) is 32.9 Å². The zero-order valence-corrected chi connectivity index (χ0v) is 16.3. The predicted molar refractivity (Wildman–Crippen MR) is 99.6 cm³/mol. The molecule has 0 bridgehead atoms. The van der Waals surface area contributed by atoms with Crippen molar-refractivity contribution in [2.75, 3.05) is 19.7 Å². The lowest BCUT2D eigenvalue weighted by atomic mass is 9.99. The third-order valence-corrected chi connectivity index (χ3v) is 4.47. The fraction of sp³-hybridized carbons (Fsp3) is 0.550. The Morgan fingerprint density at radius 2 is 1.96 bits per heavy atom. The number of rotatable bonds is 3. The Morgan fingerprint density at radius 1 is 1.22 bits per heavy atom. The number of carbonyl (C=O) groups excluding carboxylic acids is 2. The van der Waals surface area contributed by atoms with Crippen LogP contribution in [0.3, 0.4) is 0 Å². The summed E-state index contributed by atoms with van der Waals surface area (Å²) in [6.07, 6.45) is 1.16. The fourth-order valence-electron chi connectivity index (χ4n) is 3.26. The molecule has 0 saturated carbocycles. The molecule has 146 valence electrons. The van der Waals surface area contributed by atoms with Gasteiger partial charge < -0.3 is 18.9 Å². The second-order valence-electron chi connectivity index (χ2n) is 7.66. The zero-order chi connectivity index (χ0) is 19.6. The van der Waals surface area contributed by atoms with E-state index in [2.05, 4.69) is 5.16 Å². The molecule has 1 aromatic heterocycles. The maximum atomic E-state index is 12.4. The highest BCUT2D eigenvalue weighted by atomic mass is 16.6. The smallest absolute Gasteiger partial charge is 0.410 e. The number of fused-ring (bicyclic) bond motifs is 3. The van der Waals surface area contributed by atoms with Crippen LogP contribution in [0.2, 0.25) is 0 Å². The van der Waals surface area contributed by atoms with Gasteiger partial charge in [0.05, 0.1) is 13.0 Å². The first kappa shape index (κ1) is 19.2. The van der Waals surface area contributed by atoms with E-state index in [4.69, 9.17) is 14.0 Å². The molecule has 1 aliphatic heterocycles. The largest absolute Gasteiger partial charge is 0.466 e. The van der Waals surface area contributed by atoms with Gasteiger partial charge in [-0.25, -0.2) is 4.79 Å². The molecule has 3 rings (SSSR count). The molecule has 27 heavy (non-hydrogen) atoms. The van der Waals surface area contributed by atoms with Crippen LogP contribution in [0.5, 0.6) is 0 Å². The molecular formula is C20H26N2O5. The van der Waals surface area contributed by atoms with E-state index in [-0.39, 0.29) is 18.5 Å². The van der Waals surface area contributed by atoms with Crippen LogP contribution in [0.25, 0.3) is 11.0 Å².